The third-order valence-electron chi connectivity index (χ3n) is 3.56. The van der Waals surface area contributed by atoms with Gasteiger partial charge in [0.2, 0.25) is 5.88 Å². The molecule has 14 heteroatoms. The van der Waals surface area contributed by atoms with E-state index in [0.717, 1.165) is 25.3 Å². The first-order valence-corrected chi connectivity index (χ1v) is 9.67. The average Bonchev–Trinajstić information content (AvgIpc) is 2.63. The number of sulfonamides is 1. The number of nitrogens with one attached hydrogen (secondary N) is 1. The lowest BCUT2D eigenvalue weighted by atomic mass is 10.1. The average molecular weight is 427 g/mol. The van der Waals surface area contributed by atoms with Gasteiger partial charge < -0.3 is 9.47 Å². The van der Waals surface area contributed by atoms with Crippen molar-refractivity contribution in [1.82, 2.24) is 9.97 Å². The molecule has 156 valence electrons. The van der Waals surface area contributed by atoms with Crippen LogP contribution in [0, 0.1) is 27.2 Å². The van der Waals surface area contributed by atoms with Gasteiger partial charge in [0, 0.05) is 12.1 Å². The maximum absolute atomic E-state index is 12.7. The summed E-state index contributed by atoms with van der Waals surface area (Å²) >= 11 is 0. The summed E-state index contributed by atoms with van der Waals surface area (Å²) in [5, 5.41) is 22.4. The fourth-order valence-corrected chi connectivity index (χ4v) is 3.34. The minimum atomic E-state index is -4.47. The van der Waals surface area contributed by atoms with Gasteiger partial charge in [-0.15, -0.1) is 0 Å². The number of aromatic nitrogens is 2. The molecule has 2 aromatic rings. The summed E-state index contributed by atoms with van der Waals surface area (Å²) in [6.07, 6.45) is 1.09. The van der Waals surface area contributed by atoms with E-state index in [1.165, 1.54) is 0 Å². The second-order valence-corrected chi connectivity index (χ2v) is 7.13. The zero-order valence-corrected chi connectivity index (χ0v) is 16.4. The summed E-state index contributed by atoms with van der Waals surface area (Å²) in [6.45, 7) is 4.94. The fourth-order valence-electron chi connectivity index (χ4n) is 2.26. The van der Waals surface area contributed by atoms with Crippen LogP contribution in [0.3, 0.4) is 0 Å². The molecule has 0 unspecified atom stereocenters. The summed E-state index contributed by atoms with van der Waals surface area (Å²) in [6, 6.07) is 1.43. The fraction of sp³-hybridized carbons (Fsp3) is 0.333. The van der Waals surface area contributed by atoms with Gasteiger partial charge in [-0.05, 0) is 20.8 Å². The lowest BCUT2D eigenvalue weighted by Gasteiger charge is -2.13. The topological polar surface area (TPSA) is 177 Å². The van der Waals surface area contributed by atoms with Gasteiger partial charge >= 0.3 is 6.01 Å². The summed E-state index contributed by atoms with van der Waals surface area (Å²) < 4.78 is 38.0. The number of nitro benzene ring substituents is 2. The number of nitrogens with zero attached hydrogens (tertiary/aromatic N) is 4. The van der Waals surface area contributed by atoms with Gasteiger partial charge in [-0.1, -0.05) is 0 Å². The van der Waals surface area contributed by atoms with Gasteiger partial charge in [0.15, 0.2) is 0 Å². The zero-order chi connectivity index (χ0) is 21.8. The van der Waals surface area contributed by atoms with Gasteiger partial charge in [-0.25, -0.2) is 13.4 Å². The Morgan fingerprint density at radius 3 is 2.10 bits per heavy atom. The number of hydrogen-bond acceptors (Lipinski definition) is 10. The summed E-state index contributed by atoms with van der Waals surface area (Å²) in [7, 11) is -4.47. The second kappa shape index (κ2) is 8.64. The first kappa shape index (κ1) is 21.7. The van der Waals surface area contributed by atoms with Crippen molar-refractivity contribution >= 4 is 27.1 Å². The van der Waals surface area contributed by atoms with E-state index in [-0.39, 0.29) is 36.4 Å². The van der Waals surface area contributed by atoms with Crippen molar-refractivity contribution in [1.29, 1.82) is 0 Å². The van der Waals surface area contributed by atoms with Gasteiger partial charge in [-0.2, -0.15) is 4.98 Å². The number of nitro groups is 2. The second-order valence-electron chi connectivity index (χ2n) is 5.44. The Kier molecular flexibility index (Phi) is 6.48. The molecule has 13 nitrogen and oxygen atoms in total. The molecule has 0 saturated carbocycles. The first-order chi connectivity index (χ1) is 13.6. The number of anilines is 1. The molecule has 1 heterocycles. The van der Waals surface area contributed by atoms with Crippen LogP contribution in [0.5, 0.6) is 11.9 Å². The quantitative estimate of drug-likeness (QED) is 0.461. The van der Waals surface area contributed by atoms with Gasteiger partial charge in [-0.3, -0.25) is 25.0 Å². The molecule has 1 aromatic carbocycles. The molecule has 0 saturated heterocycles. The van der Waals surface area contributed by atoms with Crippen LogP contribution in [0.1, 0.15) is 19.4 Å². The Labute approximate surface area is 165 Å². The molecular formula is C15H17N5O8S. The van der Waals surface area contributed by atoms with E-state index in [1.54, 1.807) is 13.8 Å². The molecule has 0 atom stereocenters. The van der Waals surface area contributed by atoms with Crippen LogP contribution in [0.4, 0.5) is 17.1 Å². The monoisotopic (exact) mass is 427 g/mol. The molecule has 0 spiro atoms. The molecule has 29 heavy (non-hydrogen) atoms. The van der Waals surface area contributed by atoms with E-state index in [1.807, 2.05) is 0 Å². The zero-order valence-electron chi connectivity index (χ0n) is 15.6. The molecular weight excluding hydrogens is 410 g/mol. The van der Waals surface area contributed by atoms with E-state index in [0.29, 0.717) is 0 Å². The highest BCUT2D eigenvalue weighted by molar-refractivity contribution is 7.92. The molecule has 1 aromatic heterocycles. The van der Waals surface area contributed by atoms with Crippen LogP contribution >= 0.6 is 0 Å². The van der Waals surface area contributed by atoms with E-state index in [9.17, 15) is 28.6 Å². The molecule has 2 rings (SSSR count). The van der Waals surface area contributed by atoms with Crippen molar-refractivity contribution in [3.8, 4) is 11.9 Å². The normalized spacial score (nSPS) is 11.0. The van der Waals surface area contributed by atoms with E-state index in [4.69, 9.17) is 9.47 Å². The molecule has 0 fully saturated rings. The Morgan fingerprint density at radius 1 is 1.07 bits per heavy atom. The predicted molar refractivity (Wildman–Crippen MR) is 99.7 cm³/mol. The molecule has 0 aliphatic rings. The smallest absolute Gasteiger partial charge is 0.319 e. The summed E-state index contributed by atoms with van der Waals surface area (Å²) in [5.74, 6) is -0.134. The van der Waals surface area contributed by atoms with Crippen LogP contribution in [0.2, 0.25) is 0 Å². The first-order valence-electron chi connectivity index (χ1n) is 8.19. The Morgan fingerprint density at radius 2 is 1.62 bits per heavy atom. The third kappa shape index (κ3) is 4.84. The molecule has 0 aliphatic carbocycles. The third-order valence-corrected chi connectivity index (χ3v) is 4.91. The highest BCUT2D eigenvalue weighted by Gasteiger charge is 2.29. The largest absolute Gasteiger partial charge is 0.476 e. The summed E-state index contributed by atoms with van der Waals surface area (Å²) in [4.78, 5) is 27.7. The molecule has 0 amide bonds. The molecule has 0 radical (unpaired) electrons. The SMILES string of the molecule is CCOc1ncc(NS(=O)(=O)c2cc([N+](=O)[O-])c(C)c([N+](=O)[O-])c2)c(OCC)n1. The van der Waals surface area contributed by atoms with Crippen molar-refractivity contribution in [2.45, 2.75) is 25.7 Å². The van der Waals surface area contributed by atoms with Crippen molar-refractivity contribution in [2.75, 3.05) is 17.9 Å². The van der Waals surface area contributed by atoms with Crippen molar-refractivity contribution in [3.63, 3.8) is 0 Å². The van der Waals surface area contributed by atoms with Crippen LogP contribution in [0.25, 0.3) is 0 Å². The van der Waals surface area contributed by atoms with E-state index in [2.05, 4.69) is 14.7 Å². The minimum Gasteiger partial charge on any atom is -0.476 e. The summed E-state index contributed by atoms with van der Waals surface area (Å²) in [5.41, 5.74) is -1.83. The maximum Gasteiger partial charge on any atom is 0.319 e. The van der Waals surface area contributed by atoms with Gasteiger partial charge in [0.25, 0.3) is 21.4 Å². The lowest BCUT2D eigenvalue weighted by Crippen LogP contribution is -2.16. The van der Waals surface area contributed by atoms with Crippen molar-refractivity contribution in [3.05, 3.63) is 44.1 Å². The highest BCUT2D eigenvalue weighted by Crippen LogP contribution is 2.33. The van der Waals surface area contributed by atoms with E-state index >= 15 is 0 Å². The van der Waals surface area contributed by atoms with Crippen LogP contribution in [0.15, 0.2) is 23.2 Å². The van der Waals surface area contributed by atoms with Crippen LogP contribution in [-0.4, -0.2) is 41.4 Å². The standard InChI is InChI=1S/C15H17N5O8S/c1-4-27-14-11(8-16-15(17-14)28-5-2)18-29(25,26)10-6-12(19(21)22)9(3)13(7-10)20(23)24/h6-8,18H,4-5H2,1-3H3. The Balaban J connectivity index is 2.54. The van der Waals surface area contributed by atoms with Crippen molar-refractivity contribution in [2.24, 2.45) is 0 Å². The highest BCUT2D eigenvalue weighted by atomic mass is 32.2. The molecule has 0 aliphatic heterocycles. The number of hydrogen-bond donors (Lipinski definition) is 1. The van der Waals surface area contributed by atoms with Gasteiger partial charge in [0.05, 0.1) is 29.3 Å². The Bertz CT molecular complexity index is 1020. The van der Waals surface area contributed by atoms with E-state index < -0.39 is 36.1 Å². The van der Waals surface area contributed by atoms with Gasteiger partial charge in [0.1, 0.15) is 16.1 Å². The molecule has 0 bridgehead atoms. The number of rotatable bonds is 9. The maximum atomic E-state index is 12.7. The number of benzene rings is 1. The van der Waals surface area contributed by atoms with Crippen LogP contribution in [-0.2, 0) is 10.0 Å². The van der Waals surface area contributed by atoms with Crippen molar-refractivity contribution < 1.29 is 27.7 Å². The predicted octanol–water partition coefficient (Wildman–Crippen LogP) is 2.20. The lowest BCUT2D eigenvalue weighted by molar-refractivity contribution is -0.395. The Hall–Kier alpha value is -3.55. The van der Waals surface area contributed by atoms with Crippen LogP contribution < -0.4 is 14.2 Å². The molecule has 1 N–H and O–H groups in total. The number of ether oxygens (including phenoxy) is 2. The minimum absolute atomic E-state index is 0.0412.